The summed E-state index contributed by atoms with van der Waals surface area (Å²) in [6.45, 7) is 7.36. The van der Waals surface area contributed by atoms with Crippen LogP contribution in [-0.4, -0.2) is 66.2 Å². The highest BCUT2D eigenvalue weighted by atomic mass is 35.5. The quantitative estimate of drug-likeness (QED) is 0.197. The molecule has 1 fully saturated rings. The average molecular weight is 601 g/mol. The summed E-state index contributed by atoms with van der Waals surface area (Å²) in [7, 11) is 1.41. The van der Waals surface area contributed by atoms with Gasteiger partial charge in [0.15, 0.2) is 5.69 Å². The fourth-order valence-electron chi connectivity index (χ4n) is 5.42. The number of para-hydroxylation sites is 1. The first-order chi connectivity index (χ1) is 19.3. The average Bonchev–Trinajstić information content (AvgIpc) is 2.94. The molecule has 40 heavy (non-hydrogen) atoms. The van der Waals surface area contributed by atoms with Gasteiger partial charge in [0, 0.05) is 48.9 Å². The van der Waals surface area contributed by atoms with Gasteiger partial charge in [-0.15, -0.1) is 6.58 Å². The summed E-state index contributed by atoms with van der Waals surface area (Å²) in [4.78, 5) is 16.9. The third-order valence-electron chi connectivity index (χ3n) is 7.31. The Hall–Kier alpha value is -3.07. The van der Waals surface area contributed by atoms with Crippen LogP contribution < -0.4 is 9.89 Å². The van der Waals surface area contributed by atoms with Crippen molar-refractivity contribution in [2.45, 2.75) is 19.1 Å². The minimum absolute atomic E-state index is 0.0754. The zero-order valence-corrected chi connectivity index (χ0v) is 24.3. The summed E-state index contributed by atoms with van der Waals surface area (Å²) in [5, 5.41) is 15.6. The Morgan fingerprint density at radius 3 is 2.52 bits per heavy atom. The first-order valence-corrected chi connectivity index (χ1v) is 14.1. The van der Waals surface area contributed by atoms with Crippen molar-refractivity contribution in [1.29, 1.82) is 0 Å². The summed E-state index contributed by atoms with van der Waals surface area (Å²) in [5.74, 6) is -0.265. The number of ether oxygens (including phenoxy) is 1. The molecule has 0 bridgehead atoms. The van der Waals surface area contributed by atoms with E-state index in [1.807, 2.05) is 30.3 Å². The highest BCUT2D eigenvalue weighted by Crippen LogP contribution is 2.42. The molecule has 3 aromatic carbocycles. The molecule has 2 heterocycles. The molecule has 2 aliphatic rings. The lowest BCUT2D eigenvalue weighted by Gasteiger charge is -2.39. The fourth-order valence-corrected chi connectivity index (χ4v) is 6.23. The van der Waals surface area contributed by atoms with Crippen LogP contribution in [0.2, 0.25) is 15.1 Å². The van der Waals surface area contributed by atoms with Crippen molar-refractivity contribution in [2.75, 3.05) is 33.3 Å². The van der Waals surface area contributed by atoms with E-state index >= 15 is 0 Å². The lowest BCUT2D eigenvalue weighted by molar-refractivity contribution is -0.149. The first-order valence-electron chi connectivity index (χ1n) is 12.9. The molecule has 0 spiro atoms. The number of halogens is 3. The van der Waals surface area contributed by atoms with E-state index in [0.717, 1.165) is 34.5 Å². The Morgan fingerprint density at radius 2 is 1.82 bits per heavy atom. The molecular formula is C30H30Cl3N4O3+. The van der Waals surface area contributed by atoms with Crippen molar-refractivity contribution < 1.29 is 14.6 Å². The van der Waals surface area contributed by atoms with Gasteiger partial charge in [-0.3, -0.25) is 14.6 Å². The van der Waals surface area contributed by atoms with Crippen molar-refractivity contribution in [3.05, 3.63) is 93.4 Å². The summed E-state index contributed by atoms with van der Waals surface area (Å²) in [6, 6.07) is 16.6. The lowest BCUT2D eigenvalue weighted by atomic mass is 9.93. The molecule has 7 nitrogen and oxygen atoms in total. The number of aliphatic hydroxyl groups is 1. The number of hydrogen-bond donors (Lipinski definition) is 2. The van der Waals surface area contributed by atoms with Crippen molar-refractivity contribution in [1.82, 2.24) is 19.7 Å². The fraction of sp³-hybridized carbons (Fsp3) is 0.267. The number of esters is 1. The van der Waals surface area contributed by atoms with Gasteiger partial charge in [-0.05, 0) is 41.5 Å². The van der Waals surface area contributed by atoms with E-state index in [1.165, 1.54) is 7.11 Å². The van der Waals surface area contributed by atoms with Gasteiger partial charge in [-0.1, -0.05) is 65.1 Å². The van der Waals surface area contributed by atoms with Crippen LogP contribution in [0, 0.1) is 0 Å². The number of nitrogens with zero attached hydrogens (tertiary/aromatic N) is 3. The van der Waals surface area contributed by atoms with Crippen LogP contribution >= 0.6 is 34.8 Å². The molecule has 5 rings (SSSR count). The van der Waals surface area contributed by atoms with Crippen LogP contribution in [0.3, 0.4) is 0 Å². The number of carbonyl (C=O) groups excluding carboxylic acids is 1. The number of nitrogens with one attached hydrogen (secondary N) is 1. The van der Waals surface area contributed by atoms with Crippen molar-refractivity contribution in [2.24, 2.45) is 0 Å². The SMILES string of the molecule is C=CCN1CCN(Cc2cc(-c3ccccc3Cl)c3c(c2)[N+](c2c(Cl)cccc2Cl)=C(O)NC3)CC1C(=O)OC. The largest absolute Gasteiger partial charge is 0.468 e. The van der Waals surface area contributed by atoms with Crippen LogP contribution in [0.4, 0.5) is 11.4 Å². The van der Waals surface area contributed by atoms with Gasteiger partial charge in [0.05, 0.1) is 17.2 Å². The zero-order valence-electron chi connectivity index (χ0n) is 22.0. The number of amidine groups is 1. The Bertz CT molecular complexity index is 1470. The highest BCUT2D eigenvalue weighted by Gasteiger charge is 2.35. The highest BCUT2D eigenvalue weighted by molar-refractivity contribution is 6.39. The van der Waals surface area contributed by atoms with Gasteiger partial charge in [0.25, 0.3) is 0 Å². The molecule has 2 aliphatic heterocycles. The second-order valence-electron chi connectivity index (χ2n) is 9.76. The second kappa shape index (κ2) is 12.2. The van der Waals surface area contributed by atoms with Gasteiger partial charge in [0.1, 0.15) is 18.3 Å². The Labute approximate surface area is 248 Å². The summed E-state index contributed by atoms with van der Waals surface area (Å²) in [6.07, 6.45) is 1.80. The molecule has 0 aliphatic carbocycles. The smallest absolute Gasteiger partial charge is 0.452 e. The lowest BCUT2D eigenvalue weighted by Crippen LogP contribution is -2.56. The molecule has 0 saturated carbocycles. The van der Waals surface area contributed by atoms with Crippen molar-refractivity contribution in [3.63, 3.8) is 0 Å². The normalized spacial score (nSPS) is 17.8. The van der Waals surface area contributed by atoms with Crippen molar-refractivity contribution in [3.8, 4) is 11.1 Å². The number of fused-ring (bicyclic) bond motifs is 1. The molecule has 0 amide bonds. The molecule has 2 N–H and O–H groups in total. The zero-order chi connectivity index (χ0) is 28.4. The molecule has 0 aromatic heterocycles. The van der Waals surface area contributed by atoms with Crippen LogP contribution in [0.5, 0.6) is 0 Å². The Kier molecular flexibility index (Phi) is 8.68. The van der Waals surface area contributed by atoms with E-state index in [1.54, 1.807) is 28.9 Å². The summed E-state index contributed by atoms with van der Waals surface area (Å²) < 4.78 is 6.75. The molecule has 3 aromatic rings. The number of piperazine rings is 1. The van der Waals surface area contributed by atoms with Crippen LogP contribution in [0.25, 0.3) is 11.1 Å². The molecular weight excluding hydrogens is 571 g/mol. The third-order valence-corrected chi connectivity index (χ3v) is 8.25. The van der Waals surface area contributed by atoms with Gasteiger partial charge >= 0.3 is 12.0 Å². The van der Waals surface area contributed by atoms with E-state index in [2.05, 4.69) is 27.8 Å². The van der Waals surface area contributed by atoms with Gasteiger partial charge in [0.2, 0.25) is 0 Å². The maximum Gasteiger partial charge on any atom is 0.452 e. The molecule has 0 radical (unpaired) electrons. The maximum absolute atomic E-state index is 12.6. The third kappa shape index (κ3) is 5.57. The van der Waals surface area contributed by atoms with Crippen molar-refractivity contribution >= 4 is 58.2 Å². The Morgan fingerprint density at radius 1 is 1.10 bits per heavy atom. The van der Waals surface area contributed by atoms with Gasteiger partial charge in [-0.2, -0.15) is 4.58 Å². The monoisotopic (exact) mass is 599 g/mol. The van der Waals surface area contributed by atoms with E-state index in [9.17, 15) is 9.90 Å². The van der Waals surface area contributed by atoms with Crippen LogP contribution in [-0.2, 0) is 22.6 Å². The second-order valence-corrected chi connectivity index (χ2v) is 11.0. The van der Waals surface area contributed by atoms with E-state index in [0.29, 0.717) is 53.5 Å². The predicted octanol–water partition coefficient (Wildman–Crippen LogP) is 6.01. The number of carbonyl (C=O) groups is 1. The minimum Gasteiger partial charge on any atom is -0.468 e. The van der Waals surface area contributed by atoms with E-state index in [-0.39, 0.29) is 12.0 Å². The van der Waals surface area contributed by atoms with Gasteiger partial charge in [-0.25, -0.2) is 5.32 Å². The first kappa shape index (κ1) is 28.5. The number of aliphatic hydroxyl groups excluding tert-OH is 1. The number of benzene rings is 3. The minimum atomic E-state index is -0.391. The number of methoxy groups -OCH3 is 1. The predicted molar refractivity (Wildman–Crippen MR) is 162 cm³/mol. The molecule has 1 unspecified atom stereocenters. The Balaban J connectivity index is 1.61. The van der Waals surface area contributed by atoms with E-state index < -0.39 is 6.04 Å². The van der Waals surface area contributed by atoms with Gasteiger partial charge < -0.3 is 9.84 Å². The topological polar surface area (TPSA) is 68.0 Å². The molecule has 10 heteroatoms. The standard InChI is InChI=1S/C30H29Cl3N4O3/c1-3-11-36-13-12-35(18-27(36)29(38)40-2)17-19-14-21(20-7-4-5-8-23(20)31)22-16-34-30(39)37(26(22)15-19)28-24(32)9-6-10-25(28)33/h3-10,14-15,27H,1,11-13,16-18H2,2H3,(H,34,39)/p+1. The molecule has 1 saturated heterocycles. The summed E-state index contributed by atoms with van der Waals surface area (Å²) >= 11 is 19.9. The summed E-state index contributed by atoms with van der Waals surface area (Å²) in [5.41, 5.74) is 4.95. The number of hydrogen-bond acceptors (Lipinski definition) is 5. The maximum atomic E-state index is 12.6. The molecule has 1 atom stereocenters. The van der Waals surface area contributed by atoms with Crippen LogP contribution in [0.15, 0.2) is 67.3 Å². The molecule has 208 valence electrons. The van der Waals surface area contributed by atoms with Crippen LogP contribution in [0.1, 0.15) is 11.1 Å². The number of rotatable bonds is 7. The van der Waals surface area contributed by atoms with E-state index in [4.69, 9.17) is 39.5 Å².